The van der Waals surface area contributed by atoms with Gasteiger partial charge in [-0.05, 0) is 12.5 Å². The Morgan fingerprint density at radius 3 is 2.27 bits per heavy atom. The highest BCUT2D eigenvalue weighted by Crippen LogP contribution is 2.25. The van der Waals surface area contributed by atoms with Crippen LogP contribution in [0.1, 0.15) is 19.8 Å². The molecule has 0 aliphatic heterocycles. The van der Waals surface area contributed by atoms with Gasteiger partial charge in [0.2, 0.25) is 0 Å². The van der Waals surface area contributed by atoms with Crippen LogP contribution in [0, 0.1) is 5.92 Å². The summed E-state index contributed by atoms with van der Waals surface area (Å²) in [6.45, 7) is 2.03. The highest BCUT2D eigenvalue weighted by Gasteiger charge is 2.29. The molecule has 0 heterocycles. The molecule has 0 saturated heterocycles. The summed E-state index contributed by atoms with van der Waals surface area (Å²) in [6.07, 6.45) is 6.72. The Morgan fingerprint density at radius 2 is 1.87 bits per heavy atom. The van der Waals surface area contributed by atoms with Crippen molar-refractivity contribution in [1.82, 2.24) is 0 Å². The second kappa shape index (κ2) is 6.21. The van der Waals surface area contributed by atoms with Crippen molar-refractivity contribution in [3.8, 4) is 0 Å². The van der Waals surface area contributed by atoms with Gasteiger partial charge in [0.05, 0.1) is 0 Å². The predicted molar refractivity (Wildman–Crippen MR) is 54.5 cm³/mol. The molecule has 0 amide bonds. The van der Waals surface area contributed by atoms with Crippen LogP contribution in [0.5, 0.6) is 0 Å². The molecule has 5 heteroatoms. The van der Waals surface area contributed by atoms with E-state index in [1.807, 2.05) is 19.1 Å². The topological polar surface area (TPSA) is 98.0 Å². The minimum atomic E-state index is -1.83. The number of rotatable bonds is 2. The summed E-state index contributed by atoms with van der Waals surface area (Å²) in [7, 11) is 0. The van der Waals surface area contributed by atoms with Crippen LogP contribution in [0.25, 0.3) is 0 Å². The standard InChI is InChI=1S/C9H14O2.CH2O3/c1-2-5-8-6-3-4-7-9(8,10)11;2-1(3)4/h3-4,6-8,10-11H,2,5H2,1H3;(H2,2,3,4). The molecule has 0 aromatic carbocycles. The first-order valence-electron chi connectivity index (χ1n) is 4.62. The molecular weight excluding hydrogens is 200 g/mol. The lowest BCUT2D eigenvalue weighted by Gasteiger charge is -2.27. The monoisotopic (exact) mass is 216 g/mol. The normalized spacial score (nSPS) is 21.7. The van der Waals surface area contributed by atoms with E-state index in [-0.39, 0.29) is 5.92 Å². The molecule has 0 aromatic rings. The molecule has 0 saturated carbocycles. The zero-order chi connectivity index (χ0) is 11.9. The summed E-state index contributed by atoms with van der Waals surface area (Å²) >= 11 is 0. The minimum absolute atomic E-state index is 0.141. The first-order valence-corrected chi connectivity index (χ1v) is 4.62. The average molecular weight is 216 g/mol. The van der Waals surface area contributed by atoms with Gasteiger partial charge < -0.3 is 20.4 Å². The number of allylic oxidation sites excluding steroid dienone is 2. The highest BCUT2D eigenvalue weighted by atomic mass is 16.6. The first-order chi connectivity index (χ1) is 6.90. The molecule has 1 aliphatic rings. The van der Waals surface area contributed by atoms with E-state index in [1.165, 1.54) is 6.08 Å². The van der Waals surface area contributed by atoms with E-state index < -0.39 is 11.9 Å². The molecule has 4 N–H and O–H groups in total. The van der Waals surface area contributed by atoms with Crippen LogP contribution in [0.15, 0.2) is 24.3 Å². The molecular formula is C10H16O5. The van der Waals surface area contributed by atoms with Crippen LogP contribution in [-0.4, -0.2) is 32.4 Å². The van der Waals surface area contributed by atoms with Crippen molar-refractivity contribution in [1.29, 1.82) is 0 Å². The van der Waals surface area contributed by atoms with Gasteiger partial charge in [0.15, 0.2) is 5.79 Å². The molecule has 0 bridgehead atoms. The van der Waals surface area contributed by atoms with Crippen molar-refractivity contribution in [2.75, 3.05) is 0 Å². The van der Waals surface area contributed by atoms with Gasteiger partial charge in [0.25, 0.3) is 0 Å². The number of carbonyl (C=O) groups is 1. The second-order valence-corrected chi connectivity index (χ2v) is 3.20. The Morgan fingerprint density at radius 1 is 1.33 bits per heavy atom. The Labute approximate surface area is 88.0 Å². The quantitative estimate of drug-likeness (QED) is 0.523. The number of aliphatic hydroxyl groups is 2. The fourth-order valence-electron chi connectivity index (χ4n) is 1.28. The van der Waals surface area contributed by atoms with E-state index in [2.05, 4.69) is 0 Å². The van der Waals surface area contributed by atoms with Crippen LogP contribution >= 0.6 is 0 Å². The maximum absolute atomic E-state index is 9.38. The van der Waals surface area contributed by atoms with Crippen LogP contribution < -0.4 is 0 Å². The highest BCUT2D eigenvalue weighted by molar-refractivity contribution is 5.53. The van der Waals surface area contributed by atoms with Crippen LogP contribution in [0.3, 0.4) is 0 Å². The SMILES string of the molecule is CCCC1C=CC=CC1(O)O.O=C(O)O. The third-order valence-electron chi connectivity index (χ3n) is 1.94. The Balaban J connectivity index is 0.000000423. The van der Waals surface area contributed by atoms with Crippen LogP contribution in [0.4, 0.5) is 4.79 Å². The van der Waals surface area contributed by atoms with Gasteiger partial charge in [-0.25, -0.2) is 4.79 Å². The molecule has 0 spiro atoms. The largest absolute Gasteiger partial charge is 0.503 e. The summed E-state index contributed by atoms with van der Waals surface area (Å²) in [6, 6.07) is 0. The molecule has 0 fully saturated rings. The van der Waals surface area contributed by atoms with Crippen LogP contribution in [0.2, 0.25) is 0 Å². The van der Waals surface area contributed by atoms with E-state index in [1.54, 1.807) is 6.08 Å². The lowest BCUT2D eigenvalue weighted by atomic mass is 9.90. The van der Waals surface area contributed by atoms with Crippen molar-refractivity contribution in [3.63, 3.8) is 0 Å². The Hall–Kier alpha value is -1.33. The van der Waals surface area contributed by atoms with Crippen LogP contribution in [-0.2, 0) is 0 Å². The lowest BCUT2D eigenvalue weighted by Crippen LogP contribution is -2.35. The van der Waals surface area contributed by atoms with E-state index in [4.69, 9.17) is 15.0 Å². The molecule has 1 rings (SSSR count). The minimum Gasteiger partial charge on any atom is -0.450 e. The molecule has 86 valence electrons. The van der Waals surface area contributed by atoms with E-state index in [9.17, 15) is 10.2 Å². The maximum atomic E-state index is 9.38. The fraction of sp³-hybridized carbons (Fsp3) is 0.500. The lowest BCUT2D eigenvalue weighted by molar-refractivity contribution is -0.149. The molecule has 15 heavy (non-hydrogen) atoms. The number of carboxylic acid groups (broad SMARTS) is 2. The Kier molecular flexibility index (Phi) is 5.66. The second-order valence-electron chi connectivity index (χ2n) is 3.20. The zero-order valence-corrected chi connectivity index (χ0v) is 8.50. The van der Waals surface area contributed by atoms with Gasteiger partial charge >= 0.3 is 6.16 Å². The van der Waals surface area contributed by atoms with Gasteiger partial charge in [-0.3, -0.25) is 0 Å². The van der Waals surface area contributed by atoms with E-state index in [0.717, 1.165) is 12.8 Å². The van der Waals surface area contributed by atoms with Gasteiger partial charge in [0, 0.05) is 5.92 Å². The smallest absolute Gasteiger partial charge is 0.450 e. The third kappa shape index (κ3) is 5.87. The molecule has 5 nitrogen and oxygen atoms in total. The van der Waals surface area contributed by atoms with Gasteiger partial charge in [-0.15, -0.1) is 0 Å². The summed E-state index contributed by atoms with van der Waals surface area (Å²) in [5.74, 6) is -1.76. The van der Waals surface area contributed by atoms with Crippen molar-refractivity contribution in [3.05, 3.63) is 24.3 Å². The summed E-state index contributed by atoms with van der Waals surface area (Å²) in [4.78, 5) is 8.56. The molecule has 1 aliphatic carbocycles. The molecule has 0 aromatic heterocycles. The van der Waals surface area contributed by atoms with E-state index in [0.29, 0.717) is 0 Å². The predicted octanol–water partition coefficient (Wildman–Crippen LogP) is 1.43. The maximum Gasteiger partial charge on any atom is 0.503 e. The van der Waals surface area contributed by atoms with Gasteiger partial charge in [0.1, 0.15) is 0 Å². The van der Waals surface area contributed by atoms with E-state index >= 15 is 0 Å². The fourth-order valence-corrected chi connectivity index (χ4v) is 1.28. The summed E-state index contributed by atoms with van der Waals surface area (Å²) in [5.41, 5.74) is 0. The summed E-state index contributed by atoms with van der Waals surface area (Å²) in [5, 5.41) is 32.7. The van der Waals surface area contributed by atoms with Crippen molar-refractivity contribution in [2.45, 2.75) is 25.6 Å². The average Bonchev–Trinajstić information content (AvgIpc) is 2.08. The first kappa shape index (κ1) is 13.7. The summed E-state index contributed by atoms with van der Waals surface area (Å²) < 4.78 is 0. The third-order valence-corrected chi connectivity index (χ3v) is 1.94. The van der Waals surface area contributed by atoms with Crippen molar-refractivity contribution < 1.29 is 25.2 Å². The number of hydrogen-bond acceptors (Lipinski definition) is 3. The Bertz CT molecular complexity index is 251. The number of hydrogen-bond donors (Lipinski definition) is 4. The van der Waals surface area contributed by atoms with Gasteiger partial charge in [-0.1, -0.05) is 31.6 Å². The molecule has 1 unspecified atom stereocenters. The van der Waals surface area contributed by atoms with Crippen molar-refractivity contribution >= 4 is 6.16 Å². The van der Waals surface area contributed by atoms with Crippen molar-refractivity contribution in [2.24, 2.45) is 5.92 Å². The molecule has 1 atom stereocenters. The van der Waals surface area contributed by atoms with Gasteiger partial charge in [-0.2, -0.15) is 0 Å². The zero-order valence-electron chi connectivity index (χ0n) is 8.50. The molecule has 0 radical (unpaired) electrons.